The van der Waals surface area contributed by atoms with Crippen LogP contribution in [0.3, 0.4) is 0 Å². The minimum atomic E-state index is -1.45. The van der Waals surface area contributed by atoms with Gasteiger partial charge in [-0.05, 0) is 43.4 Å². The molecule has 1 aliphatic heterocycles. The van der Waals surface area contributed by atoms with Crippen LogP contribution in [-0.2, 0) is 28.5 Å². The molecule has 9 heteroatoms. The number of fused-ring (bicyclic) bond motifs is 2. The van der Waals surface area contributed by atoms with Crippen molar-refractivity contribution in [3.8, 4) is 0 Å². The van der Waals surface area contributed by atoms with Crippen molar-refractivity contribution in [2.75, 3.05) is 48.1 Å². The number of piperidine rings is 1. The van der Waals surface area contributed by atoms with Gasteiger partial charge in [-0.25, -0.2) is 4.79 Å². The van der Waals surface area contributed by atoms with Crippen molar-refractivity contribution < 1.29 is 38.7 Å². The molecule has 6 aliphatic rings. The number of carbonyl (C=O) groups excluding carboxylic acids is 1. The maximum absolute atomic E-state index is 13.4. The second-order valence-electron chi connectivity index (χ2n) is 14.1. The average Bonchev–Trinajstić information content (AvgIpc) is 3.39. The minimum absolute atomic E-state index is 0.0128. The van der Waals surface area contributed by atoms with Crippen molar-refractivity contribution >= 4 is 12.0 Å². The molecule has 1 aromatic rings. The van der Waals surface area contributed by atoms with Crippen LogP contribution in [0, 0.1) is 34.5 Å². The molecule has 7 bridgehead atoms. The summed E-state index contributed by atoms with van der Waals surface area (Å²) in [7, 11) is 6.91. The number of likely N-dealkylation sites (tertiary alicyclic amines) is 1. The number of ether oxygens (including phenoxy) is 5. The smallest absolute Gasteiger partial charge is 0.331 e. The van der Waals surface area contributed by atoms with Crippen LogP contribution >= 0.6 is 0 Å². The summed E-state index contributed by atoms with van der Waals surface area (Å²) in [5.41, 5.74) is -2.47. The highest BCUT2D eigenvalue weighted by molar-refractivity contribution is 5.87. The first-order valence-electron chi connectivity index (χ1n) is 15.9. The fraction of sp³-hybridized carbons (Fsp3) is 0.735. The molecule has 5 saturated carbocycles. The SMILES string of the molecule is CCN1C[C@]2(COC)CCC(OC)[C@@]34[C@@H]5C[C@@]6(O)[C@@H](OC)C[C@@](O)([C@H]5[C@H]6OC(=O)/C=C/c5ccccc5)[C@@H]([C@H](OC)[C@H]23)[C@@H]14. The number of esters is 1. The second kappa shape index (κ2) is 10.3. The Morgan fingerprint density at radius 2 is 1.74 bits per heavy atom. The third-order valence-electron chi connectivity index (χ3n) is 12.9. The van der Waals surface area contributed by atoms with E-state index < -0.39 is 40.7 Å². The van der Waals surface area contributed by atoms with E-state index in [4.69, 9.17) is 23.7 Å². The van der Waals surface area contributed by atoms with Gasteiger partial charge in [-0.1, -0.05) is 37.3 Å². The minimum Gasteiger partial charge on any atom is -0.456 e. The van der Waals surface area contributed by atoms with Crippen LogP contribution in [0.4, 0.5) is 0 Å². The van der Waals surface area contributed by atoms with Crippen molar-refractivity contribution in [1.29, 1.82) is 0 Å². The highest BCUT2D eigenvalue weighted by Gasteiger charge is 2.88. The number of carbonyl (C=O) groups is 1. The Morgan fingerprint density at radius 3 is 2.40 bits per heavy atom. The van der Waals surface area contributed by atoms with Crippen molar-refractivity contribution in [2.45, 2.75) is 74.3 Å². The highest BCUT2D eigenvalue weighted by Crippen LogP contribution is 2.80. The summed E-state index contributed by atoms with van der Waals surface area (Å²) >= 11 is 0. The monoisotopic (exact) mass is 597 g/mol. The summed E-state index contributed by atoms with van der Waals surface area (Å²) in [5.74, 6) is -1.43. The van der Waals surface area contributed by atoms with Crippen molar-refractivity contribution in [2.24, 2.45) is 34.5 Å². The molecule has 7 rings (SSSR count). The van der Waals surface area contributed by atoms with E-state index >= 15 is 0 Å². The second-order valence-corrected chi connectivity index (χ2v) is 14.1. The Kier molecular flexibility index (Phi) is 7.17. The topological polar surface area (TPSA) is 107 Å². The van der Waals surface area contributed by atoms with E-state index in [1.54, 1.807) is 34.5 Å². The van der Waals surface area contributed by atoms with Gasteiger partial charge in [0.1, 0.15) is 11.7 Å². The number of nitrogens with zero attached hydrogens (tertiary/aromatic N) is 1. The van der Waals surface area contributed by atoms with E-state index in [9.17, 15) is 15.0 Å². The van der Waals surface area contributed by atoms with Crippen molar-refractivity contribution in [1.82, 2.24) is 4.90 Å². The Hall–Kier alpha value is -1.85. The zero-order valence-electron chi connectivity index (χ0n) is 26.0. The molecule has 1 saturated heterocycles. The first-order chi connectivity index (χ1) is 20.7. The van der Waals surface area contributed by atoms with Crippen LogP contribution < -0.4 is 0 Å². The molecule has 1 unspecified atom stereocenters. The third-order valence-corrected chi connectivity index (χ3v) is 12.9. The normalized spacial score (nSPS) is 49.4. The van der Waals surface area contributed by atoms with Gasteiger partial charge in [0.25, 0.3) is 0 Å². The number of rotatable bonds is 9. The van der Waals surface area contributed by atoms with Crippen LogP contribution in [-0.4, -0.2) is 111 Å². The summed E-state index contributed by atoms with van der Waals surface area (Å²) in [4.78, 5) is 16.0. The lowest BCUT2D eigenvalue weighted by Crippen LogP contribution is -2.77. The van der Waals surface area contributed by atoms with Gasteiger partial charge in [0.05, 0.1) is 30.5 Å². The first-order valence-corrected chi connectivity index (χ1v) is 15.9. The van der Waals surface area contributed by atoms with Gasteiger partial charge in [0.2, 0.25) is 0 Å². The number of methoxy groups -OCH3 is 4. The van der Waals surface area contributed by atoms with Gasteiger partial charge >= 0.3 is 5.97 Å². The van der Waals surface area contributed by atoms with E-state index in [-0.39, 0.29) is 47.8 Å². The summed E-state index contributed by atoms with van der Waals surface area (Å²) < 4.78 is 31.1. The number of hydrogen-bond acceptors (Lipinski definition) is 9. The molecule has 1 aromatic carbocycles. The lowest BCUT2D eigenvalue weighted by Gasteiger charge is -2.69. The van der Waals surface area contributed by atoms with E-state index in [0.717, 1.165) is 31.5 Å². The molecule has 0 aromatic heterocycles. The van der Waals surface area contributed by atoms with Crippen LogP contribution in [0.1, 0.15) is 38.2 Å². The highest BCUT2D eigenvalue weighted by atomic mass is 16.6. The molecule has 236 valence electrons. The van der Waals surface area contributed by atoms with Crippen LogP contribution in [0.15, 0.2) is 36.4 Å². The van der Waals surface area contributed by atoms with Gasteiger partial charge in [-0.15, -0.1) is 0 Å². The molecule has 13 atom stereocenters. The zero-order chi connectivity index (χ0) is 30.4. The number of aliphatic hydroxyl groups is 2. The van der Waals surface area contributed by atoms with Crippen molar-refractivity contribution in [3.05, 3.63) is 42.0 Å². The molecule has 5 aliphatic carbocycles. The zero-order valence-corrected chi connectivity index (χ0v) is 26.0. The molecule has 2 N–H and O–H groups in total. The maximum Gasteiger partial charge on any atom is 0.331 e. The molecular formula is C34H47NO8. The standard InChI is InChI=1S/C34H47NO8/c1-6-35-18-31(19-39-2)15-14-22(40-3)34-21-16-32(37)23(41-4)17-33(38,26(29(34)35)27(42-5)28(31)34)25(21)30(32)43-24(36)13-12-20-10-8-7-9-11-20/h7-13,21-23,25-30,37-38H,6,14-19H2,1-5H3/b13-12+/t21-,22?,23+,25-,26+,27+,28-,29-,30-,31+,32-,33-,34+/m1/s1. The predicted octanol–water partition coefficient (Wildman–Crippen LogP) is 2.54. The van der Waals surface area contributed by atoms with Gasteiger partial charge in [0.15, 0.2) is 0 Å². The summed E-state index contributed by atoms with van der Waals surface area (Å²) in [5, 5.41) is 25.7. The Labute approximate surface area is 254 Å². The first kappa shape index (κ1) is 29.8. The molecule has 6 fully saturated rings. The van der Waals surface area contributed by atoms with Gasteiger partial charge in [-0.2, -0.15) is 0 Å². The molecule has 0 radical (unpaired) electrons. The summed E-state index contributed by atoms with van der Waals surface area (Å²) in [6.07, 6.45) is 3.56. The van der Waals surface area contributed by atoms with Gasteiger partial charge in [-0.3, -0.25) is 4.90 Å². The summed E-state index contributed by atoms with van der Waals surface area (Å²) in [6.45, 7) is 4.47. The third kappa shape index (κ3) is 3.67. The molecule has 0 amide bonds. The van der Waals surface area contributed by atoms with Crippen molar-refractivity contribution in [3.63, 3.8) is 0 Å². The molecule has 1 spiro atoms. The Bertz CT molecular complexity index is 1260. The largest absolute Gasteiger partial charge is 0.456 e. The van der Waals surface area contributed by atoms with Gasteiger partial charge in [0, 0.05) is 82.1 Å². The quantitative estimate of drug-likeness (QED) is 0.328. The fourth-order valence-corrected chi connectivity index (χ4v) is 12.0. The summed E-state index contributed by atoms with van der Waals surface area (Å²) in [6, 6.07) is 9.55. The maximum atomic E-state index is 13.4. The van der Waals surface area contributed by atoms with Crippen LogP contribution in [0.25, 0.3) is 6.08 Å². The number of hydrogen-bond donors (Lipinski definition) is 2. The average molecular weight is 598 g/mol. The lowest BCUT2D eigenvalue weighted by molar-refractivity contribution is -0.285. The number of benzene rings is 1. The van der Waals surface area contributed by atoms with E-state index in [0.29, 0.717) is 13.0 Å². The molecule has 43 heavy (non-hydrogen) atoms. The Balaban J connectivity index is 1.38. The lowest BCUT2D eigenvalue weighted by atomic mass is 9.43. The van der Waals surface area contributed by atoms with Crippen LogP contribution in [0.2, 0.25) is 0 Å². The molecular weight excluding hydrogens is 550 g/mol. The molecule has 1 heterocycles. The predicted molar refractivity (Wildman–Crippen MR) is 158 cm³/mol. The van der Waals surface area contributed by atoms with E-state index in [2.05, 4.69) is 11.8 Å². The van der Waals surface area contributed by atoms with Crippen LogP contribution in [0.5, 0.6) is 0 Å². The van der Waals surface area contributed by atoms with E-state index in [1.807, 2.05) is 30.3 Å². The fourth-order valence-electron chi connectivity index (χ4n) is 12.0. The molecule has 9 nitrogen and oxygen atoms in total. The Morgan fingerprint density at radius 1 is 1.00 bits per heavy atom. The van der Waals surface area contributed by atoms with Gasteiger partial charge < -0.3 is 33.9 Å². The van der Waals surface area contributed by atoms with E-state index in [1.165, 1.54) is 6.08 Å².